The van der Waals surface area contributed by atoms with Crippen LogP contribution in [0.4, 0.5) is 0 Å². The van der Waals surface area contributed by atoms with Gasteiger partial charge in [-0.2, -0.15) is 0 Å². The lowest BCUT2D eigenvalue weighted by Crippen LogP contribution is -2.07. The van der Waals surface area contributed by atoms with Crippen molar-refractivity contribution in [3.05, 3.63) is 24.3 Å². The Balaban J connectivity index is 2.91. The Morgan fingerprint density at radius 3 is 3.00 bits per heavy atom. The second-order valence-corrected chi connectivity index (χ2v) is 2.11. The van der Waals surface area contributed by atoms with E-state index in [4.69, 9.17) is 15.9 Å². The molecule has 5 heteroatoms. The fraction of sp³-hybridized carbons (Fsp3) is 0.143. The Morgan fingerprint density at radius 1 is 1.83 bits per heavy atom. The molecule has 5 nitrogen and oxygen atoms in total. The smallest absolute Gasteiger partial charge is 0.172 e. The lowest BCUT2D eigenvalue weighted by Gasteiger charge is -2.00. The molecule has 4 N–H and O–H groups in total. The molecule has 0 saturated carbocycles. The van der Waals surface area contributed by atoms with Crippen LogP contribution in [0, 0.1) is 5.41 Å². The highest BCUT2D eigenvalue weighted by molar-refractivity contribution is 5.94. The quantitative estimate of drug-likeness (QED) is 0.343. The average Bonchev–Trinajstić information content (AvgIpc) is 2.51. The van der Waals surface area contributed by atoms with Gasteiger partial charge in [0.15, 0.2) is 11.6 Å². The molecule has 0 bridgehead atoms. The summed E-state index contributed by atoms with van der Waals surface area (Å²) in [6.07, 6.45) is 4.66. The molecule has 0 spiro atoms. The van der Waals surface area contributed by atoms with Crippen LogP contribution in [-0.4, -0.2) is 22.9 Å². The van der Waals surface area contributed by atoms with Gasteiger partial charge in [-0.05, 0) is 0 Å². The number of aromatic nitrogens is 2. The normalized spacial score (nSPS) is 11.2. The van der Waals surface area contributed by atoms with Gasteiger partial charge in [0.25, 0.3) is 0 Å². The molecule has 12 heavy (non-hydrogen) atoms. The van der Waals surface area contributed by atoms with Crippen LogP contribution in [-0.2, 0) is 4.74 Å². The van der Waals surface area contributed by atoms with E-state index in [0.29, 0.717) is 11.6 Å². The van der Waals surface area contributed by atoms with E-state index in [1.54, 1.807) is 12.4 Å². The summed E-state index contributed by atoms with van der Waals surface area (Å²) in [4.78, 5) is 6.78. The van der Waals surface area contributed by atoms with Crippen LogP contribution in [0.1, 0.15) is 5.82 Å². The molecule has 0 aliphatic rings. The molecule has 0 amide bonds. The number of ether oxygens (including phenoxy) is 1. The highest BCUT2D eigenvalue weighted by atomic mass is 16.5. The zero-order valence-corrected chi connectivity index (χ0v) is 6.66. The van der Waals surface area contributed by atoms with Crippen LogP contribution < -0.4 is 5.73 Å². The number of methoxy groups -OCH3 is 1. The van der Waals surface area contributed by atoms with Crippen LogP contribution >= 0.6 is 0 Å². The minimum absolute atomic E-state index is 0.0664. The van der Waals surface area contributed by atoms with E-state index in [2.05, 4.69) is 9.97 Å². The molecule has 0 aromatic carbocycles. The Kier molecular flexibility index (Phi) is 2.47. The van der Waals surface area contributed by atoms with Gasteiger partial charge >= 0.3 is 0 Å². The van der Waals surface area contributed by atoms with Gasteiger partial charge in [0.05, 0.1) is 7.11 Å². The van der Waals surface area contributed by atoms with Gasteiger partial charge in [-0.25, -0.2) is 4.98 Å². The van der Waals surface area contributed by atoms with E-state index in [-0.39, 0.29) is 5.84 Å². The predicted molar refractivity (Wildman–Crippen MR) is 45.5 cm³/mol. The molecule has 1 aromatic rings. The molecule has 0 saturated heterocycles. The standard InChI is InChI=1S/C7H10N4O/c1-12-5(4-6(8)9)7-10-2-3-11-7/h2-4H,1H3,(H3,8,9)(H,10,11)/b5-4+. The number of imidazole rings is 1. The van der Waals surface area contributed by atoms with Gasteiger partial charge in [0.2, 0.25) is 0 Å². The summed E-state index contributed by atoms with van der Waals surface area (Å²) >= 11 is 0. The molecule has 0 radical (unpaired) electrons. The fourth-order valence-electron chi connectivity index (χ4n) is 0.765. The first-order valence-electron chi connectivity index (χ1n) is 3.33. The van der Waals surface area contributed by atoms with Crippen LogP contribution in [0.25, 0.3) is 5.76 Å². The van der Waals surface area contributed by atoms with E-state index < -0.39 is 0 Å². The van der Waals surface area contributed by atoms with Gasteiger partial charge in [0, 0.05) is 18.5 Å². The summed E-state index contributed by atoms with van der Waals surface area (Å²) in [6, 6.07) is 0. The van der Waals surface area contributed by atoms with Crippen LogP contribution in [0.2, 0.25) is 0 Å². The third kappa shape index (κ3) is 1.85. The molecule has 64 valence electrons. The zero-order chi connectivity index (χ0) is 8.97. The van der Waals surface area contributed by atoms with Gasteiger partial charge in [0.1, 0.15) is 5.84 Å². The molecular weight excluding hydrogens is 156 g/mol. The van der Waals surface area contributed by atoms with Crippen molar-refractivity contribution >= 4 is 11.6 Å². The molecule has 1 rings (SSSR count). The van der Waals surface area contributed by atoms with E-state index in [1.165, 1.54) is 13.2 Å². The number of amidine groups is 1. The topological polar surface area (TPSA) is 87.8 Å². The summed E-state index contributed by atoms with van der Waals surface area (Å²) in [7, 11) is 1.50. The van der Waals surface area contributed by atoms with Crippen molar-refractivity contribution in [1.29, 1.82) is 5.41 Å². The van der Waals surface area contributed by atoms with E-state index in [0.717, 1.165) is 0 Å². The SMILES string of the molecule is CO/C(=C/C(=N)N)c1ncc[nH]1. The van der Waals surface area contributed by atoms with Crippen molar-refractivity contribution in [1.82, 2.24) is 9.97 Å². The highest BCUT2D eigenvalue weighted by Crippen LogP contribution is 2.07. The third-order valence-corrected chi connectivity index (χ3v) is 1.24. The third-order valence-electron chi connectivity index (χ3n) is 1.24. The maximum atomic E-state index is 7.01. The molecule has 0 unspecified atom stereocenters. The van der Waals surface area contributed by atoms with E-state index in [9.17, 15) is 0 Å². The van der Waals surface area contributed by atoms with E-state index in [1.807, 2.05) is 0 Å². The minimum atomic E-state index is -0.0664. The van der Waals surface area contributed by atoms with Crippen molar-refractivity contribution < 1.29 is 4.74 Å². The van der Waals surface area contributed by atoms with Crippen molar-refractivity contribution in [2.45, 2.75) is 0 Å². The second kappa shape index (κ2) is 3.56. The van der Waals surface area contributed by atoms with Gasteiger partial charge in [-0.3, -0.25) is 5.41 Å². The molecular formula is C7H10N4O. The maximum Gasteiger partial charge on any atom is 0.172 e. The van der Waals surface area contributed by atoms with Crippen LogP contribution in [0.15, 0.2) is 18.5 Å². The summed E-state index contributed by atoms with van der Waals surface area (Å²) in [5.41, 5.74) is 5.16. The summed E-state index contributed by atoms with van der Waals surface area (Å²) < 4.78 is 4.95. The first-order chi connectivity index (χ1) is 5.74. The molecule has 1 heterocycles. The van der Waals surface area contributed by atoms with Crippen LogP contribution in [0.5, 0.6) is 0 Å². The van der Waals surface area contributed by atoms with Crippen LogP contribution in [0.3, 0.4) is 0 Å². The summed E-state index contributed by atoms with van der Waals surface area (Å²) in [6.45, 7) is 0. The Labute approximate surface area is 69.8 Å². The van der Waals surface area contributed by atoms with Crippen molar-refractivity contribution in [3.8, 4) is 0 Å². The molecule has 0 fully saturated rings. The Bertz CT molecular complexity index is 288. The number of nitrogens with one attached hydrogen (secondary N) is 2. The summed E-state index contributed by atoms with van der Waals surface area (Å²) in [5, 5.41) is 7.01. The minimum Gasteiger partial charge on any atom is -0.493 e. The molecule has 0 aliphatic heterocycles. The van der Waals surface area contributed by atoms with Gasteiger partial charge in [-0.15, -0.1) is 0 Å². The highest BCUT2D eigenvalue weighted by Gasteiger charge is 2.02. The average molecular weight is 166 g/mol. The lowest BCUT2D eigenvalue weighted by atomic mass is 10.4. The lowest BCUT2D eigenvalue weighted by molar-refractivity contribution is 0.367. The van der Waals surface area contributed by atoms with Gasteiger partial charge in [-0.1, -0.05) is 0 Å². The monoisotopic (exact) mass is 166 g/mol. The first kappa shape index (κ1) is 8.32. The fourth-order valence-corrected chi connectivity index (χ4v) is 0.765. The Morgan fingerprint density at radius 2 is 2.58 bits per heavy atom. The van der Waals surface area contributed by atoms with Gasteiger partial charge < -0.3 is 15.5 Å². The number of aromatic amines is 1. The molecule has 1 aromatic heterocycles. The van der Waals surface area contributed by atoms with Crippen molar-refractivity contribution in [3.63, 3.8) is 0 Å². The number of rotatable bonds is 3. The molecule has 0 atom stereocenters. The molecule has 0 aliphatic carbocycles. The van der Waals surface area contributed by atoms with Crippen molar-refractivity contribution in [2.75, 3.05) is 7.11 Å². The zero-order valence-electron chi connectivity index (χ0n) is 6.66. The Hall–Kier alpha value is -1.78. The number of H-pyrrole nitrogens is 1. The predicted octanol–water partition coefficient (Wildman–Crippen LogP) is 0.333. The number of nitrogens with zero attached hydrogens (tertiary/aromatic N) is 1. The van der Waals surface area contributed by atoms with Crippen molar-refractivity contribution in [2.24, 2.45) is 5.73 Å². The largest absolute Gasteiger partial charge is 0.493 e. The maximum absolute atomic E-state index is 7.01. The van der Waals surface area contributed by atoms with E-state index >= 15 is 0 Å². The summed E-state index contributed by atoms with van der Waals surface area (Å²) in [5.74, 6) is 0.948. The number of hydrogen-bond donors (Lipinski definition) is 3. The first-order valence-corrected chi connectivity index (χ1v) is 3.33. The number of nitrogens with two attached hydrogens (primary N) is 1. The second-order valence-electron chi connectivity index (χ2n) is 2.11. The number of hydrogen-bond acceptors (Lipinski definition) is 3.